The second kappa shape index (κ2) is 5.69. The van der Waals surface area contributed by atoms with Crippen molar-refractivity contribution in [3.63, 3.8) is 0 Å². The van der Waals surface area contributed by atoms with Crippen molar-refractivity contribution >= 4 is 23.9 Å². The zero-order chi connectivity index (χ0) is 14.7. The summed E-state index contributed by atoms with van der Waals surface area (Å²) in [5.74, 6) is -1.06. The van der Waals surface area contributed by atoms with E-state index in [0.29, 0.717) is 0 Å². The Bertz CT molecular complexity index is 550. The van der Waals surface area contributed by atoms with Gasteiger partial charge in [-0.15, -0.1) is 0 Å². The number of urea groups is 1. The normalized spacial score (nSPS) is 15.9. The van der Waals surface area contributed by atoms with Gasteiger partial charge in [-0.25, -0.2) is 4.79 Å². The van der Waals surface area contributed by atoms with Crippen molar-refractivity contribution < 1.29 is 14.4 Å². The maximum atomic E-state index is 12.2. The van der Waals surface area contributed by atoms with Crippen LogP contribution in [0.25, 0.3) is 6.08 Å². The topological polar surface area (TPSA) is 57.7 Å². The molecule has 4 amide bonds. The molecule has 1 aliphatic rings. The molecule has 0 radical (unpaired) electrons. The van der Waals surface area contributed by atoms with Gasteiger partial charge in [-0.05, 0) is 25.5 Å². The first-order valence-corrected chi connectivity index (χ1v) is 6.54. The summed E-state index contributed by atoms with van der Waals surface area (Å²) in [6, 6.07) is 8.56. The van der Waals surface area contributed by atoms with E-state index in [9.17, 15) is 14.4 Å². The van der Waals surface area contributed by atoms with Crippen LogP contribution in [0.15, 0.2) is 35.9 Å². The number of carbonyl (C=O) groups is 3. The summed E-state index contributed by atoms with van der Waals surface area (Å²) in [4.78, 5) is 38.6. The number of benzene rings is 1. The first-order valence-electron chi connectivity index (χ1n) is 6.54. The third-order valence-electron chi connectivity index (χ3n) is 3.16. The van der Waals surface area contributed by atoms with Crippen LogP contribution in [0.1, 0.15) is 19.4 Å². The van der Waals surface area contributed by atoms with Gasteiger partial charge in [0.25, 0.3) is 11.8 Å². The van der Waals surface area contributed by atoms with Gasteiger partial charge in [-0.1, -0.05) is 30.3 Å². The molecule has 5 nitrogen and oxygen atoms in total. The van der Waals surface area contributed by atoms with Gasteiger partial charge < -0.3 is 0 Å². The number of hydrogen-bond acceptors (Lipinski definition) is 3. The largest absolute Gasteiger partial charge is 0.333 e. The molecule has 0 atom stereocenters. The van der Waals surface area contributed by atoms with Crippen molar-refractivity contribution in [1.29, 1.82) is 0 Å². The second-order valence-electron chi connectivity index (χ2n) is 4.35. The highest BCUT2D eigenvalue weighted by atomic mass is 16.2. The van der Waals surface area contributed by atoms with Gasteiger partial charge in [0.2, 0.25) is 0 Å². The fourth-order valence-corrected chi connectivity index (χ4v) is 2.10. The van der Waals surface area contributed by atoms with E-state index in [2.05, 4.69) is 0 Å². The molecule has 104 valence electrons. The van der Waals surface area contributed by atoms with Crippen LogP contribution in [0.3, 0.4) is 0 Å². The zero-order valence-electron chi connectivity index (χ0n) is 11.5. The van der Waals surface area contributed by atoms with E-state index >= 15 is 0 Å². The fraction of sp³-hybridized carbons (Fsp3) is 0.267. The van der Waals surface area contributed by atoms with Gasteiger partial charge in [0, 0.05) is 13.1 Å². The van der Waals surface area contributed by atoms with E-state index in [4.69, 9.17) is 0 Å². The average Bonchev–Trinajstić information content (AvgIpc) is 2.46. The Labute approximate surface area is 117 Å². The Morgan fingerprint density at radius 3 is 1.85 bits per heavy atom. The Balaban J connectivity index is 2.45. The summed E-state index contributed by atoms with van der Waals surface area (Å²) in [6.07, 6.45) is 1.53. The quantitative estimate of drug-likeness (QED) is 0.623. The number of nitrogens with zero attached hydrogens (tertiary/aromatic N) is 2. The fourth-order valence-electron chi connectivity index (χ4n) is 2.10. The van der Waals surface area contributed by atoms with Crippen LogP contribution in [0.5, 0.6) is 0 Å². The lowest BCUT2D eigenvalue weighted by atomic mass is 10.1. The van der Waals surface area contributed by atoms with Crippen LogP contribution >= 0.6 is 0 Å². The molecule has 1 saturated heterocycles. The molecule has 1 fully saturated rings. The molecule has 5 heteroatoms. The molecule has 0 bridgehead atoms. The van der Waals surface area contributed by atoms with Gasteiger partial charge >= 0.3 is 6.03 Å². The van der Waals surface area contributed by atoms with E-state index < -0.39 is 17.8 Å². The Morgan fingerprint density at radius 2 is 1.40 bits per heavy atom. The Morgan fingerprint density at radius 1 is 0.900 bits per heavy atom. The number of hydrogen-bond donors (Lipinski definition) is 0. The van der Waals surface area contributed by atoms with E-state index in [1.165, 1.54) is 6.08 Å². The van der Waals surface area contributed by atoms with Gasteiger partial charge in [-0.3, -0.25) is 19.4 Å². The van der Waals surface area contributed by atoms with Crippen molar-refractivity contribution in [1.82, 2.24) is 9.80 Å². The van der Waals surface area contributed by atoms with Gasteiger partial charge in [0.15, 0.2) is 0 Å². The molecular weight excluding hydrogens is 256 g/mol. The van der Waals surface area contributed by atoms with Crippen molar-refractivity contribution in [2.75, 3.05) is 13.1 Å². The summed E-state index contributed by atoms with van der Waals surface area (Å²) in [7, 11) is 0. The molecule has 0 aliphatic carbocycles. The number of barbiturate groups is 1. The first-order chi connectivity index (χ1) is 9.60. The molecule has 0 aromatic heterocycles. The van der Waals surface area contributed by atoms with E-state index in [1.807, 2.05) is 18.2 Å². The summed E-state index contributed by atoms with van der Waals surface area (Å²) in [5, 5.41) is 0. The highest BCUT2D eigenvalue weighted by Crippen LogP contribution is 2.19. The third kappa shape index (κ3) is 2.34. The summed E-state index contributed by atoms with van der Waals surface area (Å²) >= 11 is 0. The Hall–Kier alpha value is -2.43. The van der Waals surface area contributed by atoms with Crippen molar-refractivity contribution in [2.45, 2.75) is 13.8 Å². The summed E-state index contributed by atoms with van der Waals surface area (Å²) < 4.78 is 0. The maximum Gasteiger partial charge on any atom is 0.333 e. The van der Waals surface area contributed by atoms with Crippen molar-refractivity contribution in [2.24, 2.45) is 0 Å². The lowest BCUT2D eigenvalue weighted by Gasteiger charge is -2.32. The third-order valence-corrected chi connectivity index (χ3v) is 3.16. The lowest BCUT2D eigenvalue weighted by molar-refractivity contribution is -0.135. The molecule has 20 heavy (non-hydrogen) atoms. The first kappa shape index (κ1) is 14.0. The number of rotatable bonds is 3. The standard InChI is InChI=1S/C15H16N2O3/c1-3-16-13(18)12(10-11-8-6-5-7-9-11)14(19)17(4-2)15(16)20/h5-10H,3-4H2,1-2H3. The van der Waals surface area contributed by atoms with Crippen LogP contribution in [0, 0.1) is 0 Å². The van der Waals surface area contributed by atoms with Crippen LogP contribution in [-0.2, 0) is 9.59 Å². The van der Waals surface area contributed by atoms with E-state index in [0.717, 1.165) is 15.4 Å². The van der Waals surface area contributed by atoms with Crippen LogP contribution in [0.4, 0.5) is 4.79 Å². The maximum absolute atomic E-state index is 12.2. The number of amides is 4. The number of imide groups is 2. The van der Waals surface area contributed by atoms with Crippen LogP contribution in [-0.4, -0.2) is 40.7 Å². The predicted octanol–water partition coefficient (Wildman–Crippen LogP) is 1.90. The summed E-state index contributed by atoms with van der Waals surface area (Å²) in [5.41, 5.74) is 0.783. The minimum atomic E-state index is -0.546. The molecule has 1 aromatic carbocycles. The molecule has 1 heterocycles. The van der Waals surface area contributed by atoms with E-state index in [-0.39, 0.29) is 18.7 Å². The smallest absolute Gasteiger partial charge is 0.268 e. The molecule has 0 N–H and O–H groups in total. The minimum absolute atomic E-state index is 0.0273. The highest BCUT2D eigenvalue weighted by molar-refractivity contribution is 6.30. The monoisotopic (exact) mass is 272 g/mol. The predicted molar refractivity (Wildman–Crippen MR) is 74.6 cm³/mol. The molecule has 2 rings (SSSR count). The van der Waals surface area contributed by atoms with Gasteiger partial charge in [-0.2, -0.15) is 0 Å². The summed E-state index contributed by atoms with van der Waals surface area (Å²) in [6.45, 7) is 3.90. The molecule has 0 spiro atoms. The second-order valence-corrected chi connectivity index (χ2v) is 4.35. The van der Waals surface area contributed by atoms with Gasteiger partial charge in [0.05, 0.1) is 0 Å². The van der Waals surface area contributed by atoms with Crippen molar-refractivity contribution in [3.8, 4) is 0 Å². The SMILES string of the molecule is CCN1C(=O)C(=Cc2ccccc2)C(=O)N(CC)C1=O. The zero-order valence-corrected chi connectivity index (χ0v) is 11.5. The average molecular weight is 272 g/mol. The molecule has 0 saturated carbocycles. The van der Waals surface area contributed by atoms with E-state index in [1.54, 1.807) is 26.0 Å². The minimum Gasteiger partial charge on any atom is -0.268 e. The number of likely N-dealkylation sites (N-methyl/N-ethyl adjacent to an activating group) is 2. The Kier molecular flexibility index (Phi) is 3.98. The highest BCUT2D eigenvalue weighted by Gasteiger charge is 2.40. The molecule has 0 unspecified atom stereocenters. The van der Waals surface area contributed by atoms with Crippen LogP contribution in [0.2, 0.25) is 0 Å². The molecule has 1 aliphatic heterocycles. The van der Waals surface area contributed by atoms with Crippen molar-refractivity contribution in [3.05, 3.63) is 41.5 Å². The molecule has 1 aromatic rings. The van der Waals surface area contributed by atoms with Crippen LogP contribution < -0.4 is 0 Å². The van der Waals surface area contributed by atoms with Gasteiger partial charge in [0.1, 0.15) is 5.57 Å². The number of carbonyl (C=O) groups excluding carboxylic acids is 3. The lowest BCUT2D eigenvalue weighted by Crippen LogP contribution is -2.56. The molecular formula is C15H16N2O3.